The van der Waals surface area contributed by atoms with Crippen molar-refractivity contribution in [2.45, 2.75) is 6.92 Å². The maximum atomic E-state index is 13.2. The van der Waals surface area contributed by atoms with Crippen molar-refractivity contribution in [1.29, 1.82) is 0 Å². The van der Waals surface area contributed by atoms with Crippen molar-refractivity contribution in [3.8, 4) is 23.0 Å². The van der Waals surface area contributed by atoms with E-state index in [2.05, 4.69) is 4.90 Å². The zero-order valence-electron chi connectivity index (χ0n) is 19.6. The number of piperazine rings is 1. The lowest BCUT2D eigenvalue weighted by Gasteiger charge is -2.36. The van der Waals surface area contributed by atoms with Crippen molar-refractivity contribution in [2.24, 2.45) is 4.99 Å². The van der Waals surface area contributed by atoms with Gasteiger partial charge in [-0.15, -0.1) is 0 Å². The summed E-state index contributed by atoms with van der Waals surface area (Å²) in [7, 11) is 3.16. The van der Waals surface area contributed by atoms with Crippen molar-refractivity contribution in [3.63, 3.8) is 0 Å². The molecule has 5 rings (SSSR count). The molecule has 2 aliphatic heterocycles. The van der Waals surface area contributed by atoms with E-state index < -0.39 is 0 Å². The van der Waals surface area contributed by atoms with Gasteiger partial charge in [0.1, 0.15) is 28.8 Å². The Morgan fingerprint density at radius 3 is 2.29 bits per heavy atom. The van der Waals surface area contributed by atoms with Crippen LogP contribution >= 0.6 is 0 Å². The number of ether oxygens (including phenoxy) is 3. The van der Waals surface area contributed by atoms with Gasteiger partial charge in [0.25, 0.3) is 5.91 Å². The Morgan fingerprint density at radius 1 is 0.882 bits per heavy atom. The molecule has 0 spiro atoms. The standard InChI is InChI=1S/C27H27N3O4/c1-18-8-9-23-25(14-18)34-24-7-5-4-6-22(24)26(28-23)29-10-12-30(13-11-29)27(31)19-15-20(32-2)17-21(16-19)33-3/h4-9,14-17H,10-13H2,1-3H3. The maximum absolute atomic E-state index is 13.2. The Bertz CT molecular complexity index is 1240. The van der Waals surface area contributed by atoms with E-state index in [0.717, 1.165) is 34.1 Å². The lowest BCUT2D eigenvalue weighted by atomic mass is 10.1. The van der Waals surface area contributed by atoms with Gasteiger partial charge in [0.2, 0.25) is 0 Å². The summed E-state index contributed by atoms with van der Waals surface area (Å²) in [6, 6.07) is 19.3. The van der Waals surface area contributed by atoms with E-state index in [1.54, 1.807) is 32.4 Å². The van der Waals surface area contributed by atoms with Crippen LogP contribution in [0.25, 0.3) is 0 Å². The van der Waals surface area contributed by atoms with E-state index in [9.17, 15) is 4.79 Å². The molecule has 3 aromatic rings. The molecule has 0 unspecified atom stereocenters. The average molecular weight is 458 g/mol. The zero-order chi connectivity index (χ0) is 23.7. The number of amidine groups is 1. The lowest BCUT2D eigenvalue weighted by molar-refractivity contribution is 0.0691. The Hall–Kier alpha value is -4.00. The van der Waals surface area contributed by atoms with Crippen molar-refractivity contribution in [1.82, 2.24) is 9.80 Å². The Kier molecular flexibility index (Phi) is 5.84. The summed E-state index contributed by atoms with van der Waals surface area (Å²) in [5.74, 6) is 3.56. The third-order valence-electron chi connectivity index (χ3n) is 6.15. The molecular formula is C27H27N3O4. The third-order valence-corrected chi connectivity index (χ3v) is 6.15. The van der Waals surface area contributed by atoms with Crippen LogP contribution in [-0.2, 0) is 0 Å². The van der Waals surface area contributed by atoms with E-state index in [4.69, 9.17) is 19.2 Å². The second-order valence-corrected chi connectivity index (χ2v) is 8.39. The number of carbonyl (C=O) groups is 1. The van der Waals surface area contributed by atoms with Gasteiger partial charge < -0.3 is 24.0 Å². The fourth-order valence-corrected chi connectivity index (χ4v) is 4.30. The summed E-state index contributed by atoms with van der Waals surface area (Å²) < 4.78 is 16.9. The number of methoxy groups -OCH3 is 2. The summed E-state index contributed by atoms with van der Waals surface area (Å²) in [5, 5.41) is 0. The molecule has 0 saturated carbocycles. The van der Waals surface area contributed by atoms with Crippen molar-refractivity contribution < 1.29 is 19.0 Å². The van der Waals surface area contributed by atoms with Gasteiger partial charge in [0.15, 0.2) is 5.75 Å². The van der Waals surface area contributed by atoms with Gasteiger partial charge in [-0.2, -0.15) is 0 Å². The molecular weight excluding hydrogens is 430 g/mol. The SMILES string of the molecule is COc1cc(OC)cc(C(=O)N2CCN(C3=Nc4ccc(C)cc4Oc4ccccc43)CC2)c1. The predicted molar refractivity (Wildman–Crippen MR) is 131 cm³/mol. The monoisotopic (exact) mass is 457 g/mol. The number of hydrogen-bond acceptors (Lipinski definition) is 6. The highest BCUT2D eigenvalue weighted by Crippen LogP contribution is 2.38. The molecule has 0 atom stereocenters. The highest BCUT2D eigenvalue weighted by molar-refractivity contribution is 6.04. The molecule has 0 radical (unpaired) electrons. The topological polar surface area (TPSA) is 63.6 Å². The second-order valence-electron chi connectivity index (χ2n) is 8.39. The Morgan fingerprint density at radius 2 is 1.59 bits per heavy atom. The molecule has 7 nitrogen and oxygen atoms in total. The van der Waals surface area contributed by atoms with E-state index in [-0.39, 0.29) is 5.91 Å². The summed E-state index contributed by atoms with van der Waals surface area (Å²) in [4.78, 5) is 22.3. The van der Waals surface area contributed by atoms with E-state index >= 15 is 0 Å². The fourth-order valence-electron chi connectivity index (χ4n) is 4.30. The molecule has 174 valence electrons. The van der Waals surface area contributed by atoms with Gasteiger partial charge in [-0.25, -0.2) is 4.99 Å². The number of fused-ring (bicyclic) bond motifs is 2. The molecule has 2 heterocycles. The van der Waals surface area contributed by atoms with Crippen LogP contribution in [0.15, 0.2) is 65.7 Å². The van der Waals surface area contributed by atoms with Crippen molar-refractivity contribution >= 4 is 17.4 Å². The first-order valence-corrected chi connectivity index (χ1v) is 11.3. The number of para-hydroxylation sites is 1. The van der Waals surface area contributed by atoms with E-state index in [0.29, 0.717) is 43.2 Å². The first-order valence-electron chi connectivity index (χ1n) is 11.3. The minimum atomic E-state index is -0.0378. The van der Waals surface area contributed by atoms with Gasteiger partial charge in [-0.05, 0) is 48.9 Å². The van der Waals surface area contributed by atoms with E-state index in [1.165, 1.54) is 0 Å². The molecule has 1 saturated heterocycles. The molecule has 7 heteroatoms. The van der Waals surface area contributed by atoms with Crippen LogP contribution in [0.3, 0.4) is 0 Å². The molecule has 2 aliphatic rings. The third kappa shape index (κ3) is 4.17. The highest BCUT2D eigenvalue weighted by atomic mass is 16.5. The van der Waals surface area contributed by atoms with Gasteiger partial charge in [-0.1, -0.05) is 18.2 Å². The number of benzene rings is 3. The van der Waals surface area contributed by atoms with Crippen LogP contribution in [0, 0.1) is 6.92 Å². The Labute approximate surface area is 199 Å². The minimum absolute atomic E-state index is 0.0378. The second kappa shape index (κ2) is 9.09. The zero-order valence-corrected chi connectivity index (χ0v) is 19.6. The summed E-state index contributed by atoms with van der Waals surface area (Å²) in [6.07, 6.45) is 0. The first kappa shape index (κ1) is 21.8. The molecule has 34 heavy (non-hydrogen) atoms. The van der Waals surface area contributed by atoms with Crippen molar-refractivity contribution in [2.75, 3.05) is 40.4 Å². The number of aliphatic imine (C=N–C) groups is 1. The molecule has 1 amide bonds. The molecule has 1 fully saturated rings. The van der Waals surface area contributed by atoms with E-state index in [1.807, 2.05) is 54.3 Å². The van der Waals surface area contributed by atoms with Crippen LogP contribution < -0.4 is 14.2 Å². The molecule has 0 aliphatic carbocycles. The number of hydrogen-bond donors (Lipinski definition) is 0. The average Bonchev–Trinajstić information content (AvgIpc) is 3.04. The minimum Gasteiger partial charge on any atom is -0.497 e. The molecule has 3 aromatic carbocycles. The first-order chi connectivity index (χ1) is 16.6. The number of aryl methyl sites for hydroxylation is 1. The van der Waals surface area contributed by atoms with Gasteiger partial charge in [0, 0.05) is 37.8 Å². The highest BCUT2D eigenvalue weighted by Gasteiger charge is 2.28. The quantitative estimate of drug-likeness (QED) is 0.573. The van der Waals surface area contributed by atoms with Crippen LogP contribution in [0.4, 0.5) is 5.69 Å². The predicted octanol–water partition coefficient (Wildman–Crippen LogP) is 4.65. The molecule has 0 N–H and O–H groups in total. The fraction of sp³-hybridized carbons (Fsp3) is 0.259. The number of amides is 1. The molecule has 0 aromatic heterocycles. The van der Waals surface area contributed by atoms with Gasteiger partial charge in [0.05, 0.1) is 19.8 Å². The van der Waals surface area contributed by atoms with Crippen LogP contribution in [-0.4, -0.2) is 61.9 Å². The van der Waals surface area contributed by atoms with Gasteiger partial charge >= 0.3 is 0 Å². The van der Waals surface area contributed by atoms with Crippen LogP contribution in [0.2, 0.25) is 0 Å². The maximum Gasteiger partial charge on any atom is 0.254 e. The van der Waals surface area contributed by atoms with Crippen LogP contribution in [0.5, 0.6) is 23.0 Å². The summed E-state index contributed by atoms with van der Waals surface area (Å²) in [5.41, 5.74) is 3.43. The van der Waals surface area contributed by atoms with Crippen molar-refractivity contribution in [3.05, 3.63) is 77.4 Å². The Balaban J connectivity index is 1.39. The summed E-state index contributed by atoms with van der Waals surface area (Å²) in [6.45, 7) is 4.55. The largest absolute Gasteiger partial charge is 0.497 e. The molecule has 0 bridgehead atoms. The number of rotatable bonds is 3. The van der Waals surface area contributed by atoms with Crippen LogP contribution in [0.1, 0.15) is 21.5 Å². The normalized spacial score (nSPS) is 14.9. The smallest absolute Gasteiger partial charge is 0.254 e. The summed E-state index contributed by atoms with van der Waals surface area (Å²) >= 11 is 0. The number of carbonyl (C=O) groups excluding carboxylic acids is 1. The lowest BCUT2D eigenvalue weighted by Crippen LogP contribution is -2.50. The van der Waals surface area contributed by atoms with Gasteiger partial charge in [-0.3, -0.25) is 4.79 Å². The number of nitrogens with zero attached hydrogens (tertiary/aromatic N) is 3.